The Morgan fingerprint density at radius 2 is 2.10 bits per heavy atom. The summed E-state index contributed by atoms with van der Waals surface area (Å²) in [6.45, 7) is 4.90. The molecule has 0 spiro atoms. The van der Waals surface area contributed by atoms with Crippen molar-refractivity contribution in [3.05, 3.63) is 48.0 Å². The third kappa shape index (κ3) is 4.29. The average molecular weight is 393 g/mol. The number of amides is 1. The van der Waals surface area contributed by atoms with E-state index < -0.39 is 0 Å². The third-order valence-electron chi connectivity index (χ3n) is 5.42. The standard InChI is InChI=1S/C22H27N5O2/c1-3-11-29-18-8-6-17(7-9-18)25-22(28)19-14-24-27-15(2)12-20(26-21(19)27)16-5-4-10-23-13-16/h4-5,10,12-14,17-18H,3,6-9,11H2,1-2H3,(H,25,28)/t17-,18-. The fourth-order valence-corrected chi connectivity index (χ4v) is 3.86. The van der Waals surface area contributed by atoms with Crippen LogP contribution in [0, 0.1) is 6.92 Å². The molecular weight excluding hydrogens is 366 g/mol. The van der Waals surface area contributed by atoms with Crippen molar-refractivity contribution in [1.29, 1.82) is 0 Å². The first kappa shape index (κ1) is 19.5. The van der Waals surface area contributed by atoms with Gasteiger partial charge in [-0.25, -0.2) is 9.50 Å². The minimum absolute atomic E-state index is 0.117. The van der Waals surface area contributed by atoms with Gasteiger partial charge in [-0.3, -0.25) is 9.78 Å². The first-order chi connectivity index (χ1) is 14.2. The van der Waals surface area contributed by atoms with Gasteiger partial charge in [-0.05, 0) is 57.2 Å². The Labute approximate surface area is 170 Å². The maximum Gasteiger partial charge on any atom is 0.256 e. The van der Waals surface area contributed by atoms with Crippen LogP contribution in [0.5, 0.6) is 0 Å². The molecule has 0 aliphatic heterocycles. The maximum absolute atomic E-state index is 13.0. The largest absolute Gasteiger partial charge is 0.378 e. The van der Waals surface area contributed by atoms with E-state index in [0.29, 0.717) is 17.3 Å². The average Bonchev–Trinajstić information content (AvgIpc) is 3.19. The topological polar surface area (TPSA) is 81.4 Å². The quantitative estimate of drug-likeness (QED) is 0.692. The Morgan fingerprint density at radius 3 is 2.83 bits per heavy atom. The van der Waals surface area contributed by atoms with E-state index in [0.717, 1.165) is 55.7 Å². The summed E-state index contributed by atoms with van der Waals surface area (Å²) >= 11 is 0. The smallest absolute Gasteiger partial charge is 0.256 e. The second kappa shape index (κ2) is 8.69. The predicted octanol–water partition coefficient (Wildman–Crippen LogP) is 3.57. The number of hydrogen-bond acceptors (Lipinski definition) is 5. The number of carbonyl (C=O) groups is 1. The van der Waals surface area contributed by atoms with Crippen LogP contribution in [-0.2, 0) is 4.74 Å². The number of rotatable bonds is 6. The van der Waals surface area contributed by atoms with E-state index in [-0.39, 0.29) is 11.9 Å². The molecule has 0 saturated heterocycles. The highest BCUT2D eigenvalue weighted by molar-refractivity contribution is 6.00. The second-order valence-electron chi connectivity index (χ2n) is 7.64. The van der Waals surface area contributed by atoms with E-state index in [4.69, 9.17) is 9.72 Å². The number of nitrogens with zero attached hydrogens (tertiary/aromatic N) is 4. The molecule has 1 amide bonds. The lowest BCUT2D eigenvalue weighted by molar-refractivity contribution is 0.0227. The zero-order chi connectivity index (χ0) is 20.2. The normalized spacial score (nSPS) is 19.4. The lowest BCUT2D eigenvalue weighted by Gasteiger charge is -2.29. The fourth-order valence-electron chi connectivity index (χ4n) is 3.86. The van der Waals surface area contributed by atoms with Crippen molar-refractivity contribution in [1.82, 2.24) is 24.9 Å². The fraction of sp³-hybridized carbons (Fsp3) is 0.455. The highest BCUT2D eigenvalue weighted by atomic mass is 16.5. The van der Waals surface area contributed by atoms with Crippen LogP contribution < -0.4 is 5.32 Å². The Hall–Kier alpha value is -2.80. The van der Waals surface area contributed by atoms with Crippen molar-refractivity contribution >= 4 is 11.6 Å². The van der Waals surface area contributed by atoms with Crippen LogP contribution in [0.2, 0.25) is 0 Å². The van der Waals surface area contributed by atoms with E-state index in [1.54, 1.807) is 23.1 Å². The van der Waals surface area contributed by atoms with Gasteiger partial charge in [0.1, 0.15) is 5.56 Å². The van der Waals surface area contributed by atoms with Crippen LogP contribution in [0.1, 0.15) is 55.1 Å². The van der Waals surface area contributed by atoms with Crippen molar-refractivity contribution in [2.45, 2.75) is 58.1 Å². The first-order valence-electron chi connectivity index (χ1n) is 10.3. The van der Waals surface area contributed by atoms with E-state index in [2.05, 4.69) is 22.3 Å². The van der Waals surface area contributed by atoms with Crippen molar-refractivity contribution < 1.29 is 9.53 Å². The van der Waals surface area contributed by atoms with Gasteiger partial charge in [-0.15, -0.1) is 0 Å². The zero-order valence-corrected chi connectivity index (χ0v) is 17.0. The number of hydrogen-bond donors (Lipinski definition) is 1. The number of pyridine rings is 1. The van der Waals surface area contributed by atoms with Crippen LogP contribution in [0.4, 0.5) is 0 Å². The minimum atomic E-state index is -0.117. The Balaban J connectivity index is 1.50. The van der Waals surface area contributed by atoms with E-state index in [1.165, 1.54) is 0 Å². The second-order valence-corrected chi connectivity index (χ2v) is 7.64. The van der Waals surface area contributed by atoms with Gasteiger partial charge in [0.15, 0.2) is 5.65 Å². The van der Waals surface area contributed by atoms with Crippen LogP contribution in [0.15, 0.2) is 36.8 Å². The number of fused-ring (bicyclic) bond motifs is 1. The molecule has 1 aliphatic rings. The van der Waals surface area contributed by atoms with Crippen LogP contribution in [0.25, 0.3) is 16.9 Å². The lowest BCUT2D eigenvalue weighted by Crippen LogP contribution is -2.39. The number of aromatic nitrogens is 4. The molecule has 4 rings (SSSR count). The molecule has 1 saturated carbocycles. The zero-order valence-electron chi connectivity index (χ0n) is 17.0. The SMILES string of the molecule is CCCO[C@H]1CC[C@H](NC(=O)c2cnn3c(C)cc(-c4cccnc4)nc23)CC1. The molecule has 7 heteroatoms. The maximum atomic E-state index is 13.0. The summed E-state index contributed by atoms with van der Waals surface area (Å²) in [7, 11) is 0. The van der Waals surface area contributed by atoms with Gasteiger partial charge in [0, 0.05) is 36.3 Å². The molecule has 29 heavy (non-hydrogen) atoms. The highest BCUT2D eigenvalue weighted by Gasteiger charge is 2.25. The number of aryl methyl sites for hydroxylation is 1. The Kier molecular flexibility index (Phi) is 5.85. The van der Waals surface area contributed by atoms with E-state index in [1.807, 2.05) is 25.1 Å². The Morgan fingerprint density at radius 1 is 1.28 bits per heavy atom. The summed E-state index contributed by atoms with van der Waals surface area (Å²) in [6.07, 6.45) is 10.3. The van der Waals surface area contributed by atoms with E-state index in [9.17, 15) is 4.79 Å². The number of nitrogens with one attached hydrogen (secondary N) is 1. The van der Waals surface area contributed by atoms with Gasteiger partial charge < -0.3 is 10.1 Å². The molecule has 0 bridgehead atoms. The molecule has 3 aromatic rings. The molecule has 1 fully saturated rings. The van der Waals surface area contributed by atoms with Crippen molar-refractivity contribution in [2.75, 3.05) is 6.61 Å². The molecule has 0 radical (unpaired) electrons. The van der Waals surface area contributed by atoms with Gasteiger partial charge >= 0.3 is 0 Å². The summed E-state index contributed by atoms with van der Waals surface area (Å²) in [4.78, 5) is 21.8. The summed E-state index contributed by atoms with van der Waals surface area (Å²) in [5.74, 6) is -0.117. The van der Waals surface area contributed by atoms with Crippen molar-refractivity contribution in [2.24, 2.45) is 0 Å². The molecule has 0 atom stereocenters. The van der Waals surface area contributed by atoms with Crippen LogP contribution in [-0.4, -0.2) is 44.2 Å². The molecule has 1 aliphatic carbocycles. The molecule has 0 unspecified atom stereocenters. The molecule has 3 heterocycles. The lowest BCUT2D eigenvalue weighted by atomic mass is 9.93. The molecule has 152 valence electrons. The first-order valence-corrected chi connectivity index (χ1v) is 10.3. The third-order valence-corrected chi connectivity index (χ3v) is 5.42. The molecule has 0 aromatic carbocycles. The molecule has 1 N–H and O–H groups in total. The Bertz CT molecular complexity index is 978. The predicted molar refractivity (Wildman–Crippen MR) is 111 cm³/mol. The van der Waals surface area contributed by atoms with E-state index >= 15 is 0 Å². The number of ether oxygens (including phenoxy) is 1. The van der Waals surface area contributed by atoms with Gasteiger partial charge in [0.05, 0.1) is 18.0 Å². The van der Waals surface area contributed by atoms with Gasteiger partial charge in [-0.2, -0.15) is 5.10 Å². The number of carbonyl (C=O) groups excluding carboxylic acids is 1. The minimum Gasteiger partial charge on any atom is -0.378 e. The molecular formula is C22H27N5O2. The molecule has 7 nitrogen and oxygen atoms in total. The van der Waals surface area contributed by atoms with Crippen molar-refractivity contribution in [3.8, 4) is 11.3 Å². The monoisotopic (exact) mass is 393 g/mol. The summed E-state index contributed by atoms with van der Waals surface area (Å²) in [5.41, 5.74) is 3.69. The van der Waals surface area contributed by atoms with Gasteiger partial charge in [-0.1, -0.05) is 6.92 Å². The summed E-state index contributed by atoms with van der Waals surface area (Å²) < 4.78 is 7.56. The summed E-state index contributed by atoms with van der Waals surface area (Å²) in [6, 6.07) is 5.96. The highest BCUT2D eigenvalue weighted by Crippen LogP contribution is 2.23. The van der Waals surface area contributed by atoms with Gasteiger partial charge in [0.2, 0.25) is 0 Å². The van der Waals surface area contributed by atoms with Crippen LogP contribution >= 0.6 is 0 Å². The van der Waals surface area contributed by atoms with Gasteiger partial charge in [0.25, 0.3) is 5.91 Å². The van der Waals surface area contributed by atoms with Crippen LogP contribution in [0.3, 0.4) is 0 Å². The van der Waals surface area contributed by atoms with Crippen molar-refractivity contribution in [3.63, 3.8) is 0 Å². The summed E-state index contributed by atoms with van der Waals surface area (Å²) in [5, 5.41) is 7.54. The molecule has 3 aromatic heterocycles.